The Balaban J connectivity index is 2.67. The van der Waals surface area contributed by atoms with Gasteiger partial charge in [-0.1, -0.05) is 17.7 Å². The van der Waals surface area contributed by atoms with Gasteiger partial charge in [-0.2, -0.15) is 0 Å². The van der Waals surface area contributed by atoms with Crippen LogP contribution in [0.2, 0.25) is 0 Å². The Morgan fingerprint density at radius 1 is 1.43 bits per heavy atom. The summed E-state index contributed by atoms with van der Waals surface area (Å²) in [5, 5.41) is 16.7. The lowest BCUT2D eigenvalue weighted by molar-refractivity contribution is -0.137. The van der Waals surface area contributed by atoms with E-state index in [4.69, 9.17) is 10.2 Å². The van der Waals surface area contributed by atoms with Crippen LogP contribution in [0.3, 0.4) is 0 Å². The highest BCUT2D eigenvalue weighted by atomic mass is 32.2. The molecule has 0 aromatic heterocycles. The van der Waals surface area contributed by atoms with Crippen LogP contribution in [-0.4, -0.2) is 28.0 Å². The van der Waals surface area contributed by atoms with Gasteiger partial charge in [-0.3, -0.25) is 4.79 Å². The average molecular weight is 212 g/mol. The van der Waals surface area contributed by atoms with Crippen LogP contribution in [0, 0.1) is 6.92 Å². The molecule has 1 atom stereocenters. The molecular formula is C10H12O3S. The molecule has 1 rings (SSSR count). The molecule has 1 aromatic carbocycles. The number of aliphatic hydroxyl groups excluding tert-OH is 1. The number of rotatable bonds is 4. The van der Waals surface area contributed by atoms with Gasteiger partial charge in [0.2, 0.25) is 0 Å². The second-order valence-electron chi connectivity index (χ2n) is 2.94. The molecule has 1 unspecified atom stereocenters. The van der Waals surface area contributed by atoms with Crippen molar-refractivity contribution in [3.05, 3.63) is 29.8 Å². The largest absolute Gasteiger partial charge is 0.480 e. The van der Waals surface area contributed by atoms with Gasteiger partial charge in [0.1, 0.15) is 5.25 Å². The zero-order valence-corrected chi connectivity index (χ0v) is 8.62. The lowest BCUT2D eigenvalue weighted by Crippen LogP contribution is -2.20. The van der Waals surface area contributed by atoms with E-state index in [0.29, 0.717) is 0 Å². The lowest BCUT2D eigenvalue weighted by Gasteiger charge is -2.08. The molecule has 1 aromatic rings. The van der Waals surface area contributed by atoms with Crippen molar-refractivity contribution in [3.8, 4) is 0 Å². The van der Waals surface area contributed by atoms with Gasteiger partial charge in [-0.25, -0.2) is 0 Å². The van der Waals surface area contributed by atoms with Crippen molar-refractivity contribution >= 4 is 17.7 Å². The Bertz CT molecular complexity index is 308. The number of hydrogen-bond acceptors (Lipinski definition) is 3. The van der Waals surface area contributed by atoms with Crippen molar-refractivity contribution in [2.75, 3.05) is 6.61 Å². The fourth-order valence-corrected chi connectivity index (χ4v) is 1.74. The molecule has 76 valence electrons. The molecule has 0 aliphatic rings. The first kappa shape index (κ1) is 11.1. The van der Waals surface area contributed by atoms with Crippen molar-refractivity contribution in [1.29, 1.82) is 0 Å². The van der Waals surface area contributed by atoms with Gasteiger partial charge in [-0.05, 0) is 19.1 Å². The highest BCUT2D eigenvalue weighted by molar-refractivity contribution is 8.00. The molecule has 0 aliphatic carbocycles. The molecule has 2 N–H and O–H groups in total. The summed E-state index contributed by atoms with van der Waals surface area (Å²) in [6.45, 7) is 1.61. The molecule has 0 aliphatic heterocycles. The van der Waals surface area contributed by atoms with Crippen LogP contribution >= 0.6 is 11.8 Å². The summed E-state index contributed by atoms with van der Waals surface area (Å²) < 4.78 is 0. The summed E-state index contributed by atoms with van der Waals surface area (Å²) in [6.07, 6.45) is 0. The standard InChI is InChI=1S/C10H12O3S/c1-7-2-4-8(5-3-7)14-9(6-11)10(12)13/h2-5,9,11H,6H2,1H3,(H,12,13). The molecule has 0 bridgehead atoms. The summed E-state index contributed by atoms with van der Waals surface area (Å²) in [6, 6.07) is 7.54. The predicted octanol–water partition coefficient (Wildman–Crippen LogP) is 1.53. The summed E-state index contributed by atoms with van der Waals surface area (Å²) in [7, 11) is 0. The van der Waals surface area contributed by atoms with Crippen LogP contribution in [0.5, 0.6) is 0 Å². The summed E-state index contributed by atoms with van der Waals surface area (Å²) in [4.78, 5) is 11.5. The maximum atomic E-state index is 10.6. The number of carboxylic acid groups (broad SMARTS) is 1. The average Bonchev–Trinajstić information content (AvgIpc) is 2.16. The van der Waals surface area contributed by atoms with Gasteiger partial charge in [0.05, 0.1) is 6.61 Å². The van der Waals surface area contributed by atoms with Crippen LogP contribution in [0.25, 0.3) is 0 Å². The molecule has 0 saturated carbocycles. The SMILES string of the molecule is Cc1ccc(SC(CO)C(=O)O)cc1. The number of hydrogen-bond donors (Lipinski definition) is 2. The minimum absolute atomic E-state index is 0.353. The van der Waals surface area contributed by atoms with E-state index in [2.05, 4.69) is 0 Å². The number of carboxylic acids is 1. The highest BCUT2D eigenvalue weighted by Gasteiger charge is 2.17. The molecule has 0 radical (unpaired) electrons. The third-order valence-corrected chi connectivity index (χ3v) is 2.92. The number of aliphatic hydroxyl groups is 1. The van der Waals surface area contributed by atoms with Crippen LogP contribution in [-0.2, 0) is 4.79 Å². The summed E-state index contributed by atoms with van der Waals surface area (Å²) >= 11 is 1.16. The van der Waals surface area contributed by atoms with Gasteiger partial charge in [0, 0.05) is 4.90 Å². The summed E-state index contributed by atoms with van der Waals surface area (Å²) in [5.41, 5.74) is 1.13. The molecule has 4 heteroatoms. The van der Waals surface area contributed by atoms with Gasteiger partial charge in [0.25, 0.3) is 0 Å². The lowest BCUT2D eigenvalue weighted by atomic mass is 10.2. The van der Waals surface area contributed by atoms with Crippen molar-refractivity contribution in [2.45, 2.75) is 17.1 Å². The van der Waals surface area contributed by atoms with E-state index in [9.17, 15) is 4.79 Å². The van der Waals surface area contributed by atoms with Gasteiger partial charge < -0.3 is 10.2 Å². The predicted molar refractivity (Wildman–Crippen MR) is 55.5 cm³/mol. The Kier molecular flexibility index (Phi) is 3.98. The molecule has 3 nitrogen and oxygen atoms in total. The topological polar surface area (TPSA) is 57.5 Å². The normalized spacial score (nSPS) is 12.4. The maximum Gasteiger partial charge on any atom is 0.319 e. The smallest absolute Gasteiger partial charge is 0.319 e. The number of thioether (sulfide) groups is 1. The monoisotopic (exact) mass is 212 g/mol. The van der Waals surface area contributed by atoms with E-state index in [1.165, 1.54) is 0 Å². The first-order chi connectivity index (χ1) is 6.63. The van der Waals surface area contributed by atoms with Crippen LogP contribution in [0.15, 0.2) is 29.2 Å². The van der Waals surface area contributed by atoms with Crippen molar-refractivity contribution in [2.24, 2.45) is 0 Å². The van der Waals surface area contributed by atoms with Crippen molar-refractivity contribution < 1.29 is 15.0 Å². The Morgan fingerprint density at radius 2 is 2.00 bits per heavy atom. The van der Waals surface area contributed by atoms with Gasteiger partial charge >= 0.3 is 5.97 Å². The second-order valence-corrected chi connectivity index (χ2v) is 4.22. The van der Waals surface area contributed by atoms with Gasteiger partial charge in [-0.15, -0.1) is 11.8 Å². The number of benzene rings is 1. The van der Waals surface area contributed by atoms with E-state index < -0.39 is 11.2 Å². The maximum absolute atomic E-state index is 10.6. The van der Waals surface area contributed by atoms with E-state index in [1.54, 1.807) is 0 Å². The Morgan fingerprint density at radius 3 is 2.43 bits per heavy atom. The first-order valence-corrected chi connectivity index (χ1v) is 5.08. The van der Waals surface area contributed by atoms with E-state index in [1.807, 2.05) is 31.2 Å². The minimum atomic E-state index is -0.988. The van der Waals surface area contributed by atoms with Crippen LogP contribution in [0.1, 0.15) is 5.56 Å². The van der Waals surface area contributed by atoms with E-state index >= 15 is 0 Å². The molecule has 0 amide bonds. The van der Waals surface area contributed by atoms with Crippen LogP contribution in [0.4, 0.5) is 0 Å². The molecule has 0 saturated heterocycles. The molecule has 0 fully saturated rings. The third-order valence-electron chi connectivity index (χ3n) is 1.74. The Hall–Kier alpha value is -1.00. The number of carbonyl (C=O) groups is 1. The molecule has 0 spiro atoms. The molecule has 14 heavy (non-hydrogen) atoms. The molecule has 0 heterocycles. The number of aliphatic carboxylic acids is 1. The third kappa shape index (κ3) is 3.05. The van der Waals surface area contributed by atoms with E-state index in [0.717, 1.165) is 22.2 Å². The highest BCUT2D eigenvalue weighted by Crippen LogP contribution is 2.23. The summed E-state index contributed by atoms with van der Waals surface area (Å²) in [5.74, 6) is -0.988. The zero-order chi connectivity index (χ0) is 10.6. The fraction of sp³-hybridized carbons (Fsp3) is 0.300. The van der Waals surface area contributed by atoms with Crippen LogP contribution < -0.4 is 0 Å². The minimum Gasteiger partial charge on any atom is -0.480 e. The van der Waals surface area contributed by atoms with Gasteiger partial charge in [0.15, 0.2) is 0 Å². The molecular weight excluding hydrogens is 200 g/mol. The number of aryl methyl sites for hydroxylation is 1. The second kappa shape index (κ2) is 5.02. The van der Waals surface area contributed by atoms with Crippen molar-refractivity contribution in [1.82, 2.24) is 0 Å². The fourth-order valence-electron chi connectivity index (χ4n) is 0.947. The van der Waals surface area contributed by atoms with Crippen molar-refractivity contribution in [3.63, 3.8) is 0 Å². The quantitative estimate of drug-likeness (QED) is 0.743. The first-order valence-electron chi connectivity index (χ1n) is 4.20. The van der Waals surface area contributed by atoms with E-state index in [-0.39, 0.29) is 6.61 Å². The Labute approximate surface area is 86.8 Å². The zero-order valence-electron chi connectivity index (χ0n) is 7.80.